The number of aliphatic hydroxyl groups excluding tert-OH is 5. The highest BCUT2D eigenvalue weighted by Crippen LogP contribution is 2.79. The molecule has 0 aromatic heterocycles. The van der Waals surface area contributed by atoms with Crippen LogP contribution in [0.1, 0.15) is 90.7 Å². The average Bonchev–Trinajstić information content (AvgIpc) is 3.18. The summed E-state index contributed by atoms with van der Waals surface area (Å²) in [5.41, 5.74) is 0.538. The lowest BCUT2D eigenvalue weighted by molar-refractivity contribution is -0.346. The fourth-order valence-corrected chi connectivity index (χ4v) is 14.5. The number of rotatable bonds is 10. The molecule has 0 spiro atoms. The molecule has 6 aliphatic carbocycles. The first-order chi connectivity index (χ1) is 27.0. The molecular formula is C46H67NO10. The van der Waals surface area contributed by atoms with Crippen LogP contribution < -0.4 is 5.32 Å². The van der Waals surface area contributed by atoms with E-state index in [1.165, 1.54) is 5.57 Å². The number of aliphatic carboxylic acids is 1. The number of carboxylic acid groups (broad SMARTS) is 1. The van der Waals surface area contributed by atoms with Crippen molar-refractivity contribution in [1.29, 1.82) is 0 Å². The summed E-state index contributed by atoms with van der Waals surface area (Å²) in [6.07, 6.45) is 5.32. The van der Waals surface area contributed by atoms with Crippen LogP contribution in [0.2, 0.25) is 0 Å². The minimum absolute atomic E-state index is 0.0439. The molecule has 57 heavy (non-hydrogen) atoms. The van der Waals surface area contributed by atoms with Crippen LogP contribution in [-0.2, 0) is 32.2 Å². The van der Waals surface area contributed by atoms with Crippen molar-refractivity contribution in [1.82, 2.24) is 5.32 Å². The molecule has 1 heterocycles. The van der Waals surface area contributed by atoms with Gasteiger partial charge in [0.25, 0.3) is 0 Å². The average molecular weight is 794 g/mol. The van der Waals surface area contributed by atoms with Gasteiger partial charge in [-0.25, -0.2) is 0 Å². The minimum Gasteiger partial charge on any atom is -0.481 e. The van der Waals surface area contributed by atoms with Gasteiger partial charge in [0.2, 0.25) is 0 Å². The normalized spacial score (nSPS) is 49.9. The second-order valence-electron chi connectivity index (χ2n) is 20.6. The van der Waals surface area contributed by atoms with Crippen LogP contribution in [-0.4, -0.2) is 100 Å². The first kappa shape index (κ1) is 41.5. The van der Waals surface area contributed by atoms with Gasteiger partial charge in [-0.2, -0.15) is 0 Å². The summed E-state index contributed by atoms with van der Waals surface area (Å²) in [5, 5.41) is 68.4. The summed E-state index contributed by atoms with van der Waals surface area (Å²) in [4.78, 5) is 13.3. The number of aliphatic hydroxyl groups is 5. The lowest BCUT2D eigenvalue weighted by Crippen LogP contribution is -2.75. The van der Waals surface area contributed by atoms with Crippen molar-refractivity contribution in [3.05, 3.63) is 59.2 Å². The molecule has 7 N–H and O–H groups in total. The molecule has 8 rings (SSSR count). The lowest BCUT2D eigenvalue weighted by atomic mass is 9.29. The molecule has 1 saturated heterocycles. The summed E-state index contributed by atoms with van der Waals surface area (Å²) >= 11 is 0. The molecular weight excluding hydrogens is 727 g/mol. The smallest absolute Gasteiger partial charge is 0.310 e. The number of hydrogen-bond acceptors (Lipinski definition) is 10. The van der Waals surface area contributed by atoms with Crippen molar-refractivity contribution in [2.45, 2.75) is 130 Å². The van der Waals surface area contributed by atoms with Crippen molar-refractivity contribution >= 4 is 5.97 Å². The molecule has 1 aliphatic heterocycles. The van der Waals surface area contributed by atoms with Gasteiger partial charge in [-0.05, 0) is 108 Å². The molecule has 4 bridgehead atoms. The third-order valence-electron chi connectivity index (χ3n) is 17.8. The summed E-state index contributed by atoms with van der Waals surface area (Å²) in [7, 11) is 1.92. The van der Waals surface area contributed by atoms with Gasteiger partial charge in [-0.3, -0.25) is 4.79 Å². The topological polar surface area (TPSA) is 178 Å². The monoisotopic (exact) mass is 793 g/mol. The molecule has 0 amide bonds. The molecule has 1 aromatic rings. The van der Waals surface area contributed by atoms with E-state index in [0.29, 0.717) is 32.3 Å². The molecule has 0 radical (unpaired) electrons. The van der Waals surface area contributed by atoms with Crippen LogP contribution in [0.15, 0.2) is 48.1 Å². The van der Waals surface area contributed by atoms with Crippen LogP contribution in [0.4, 0.5) is 0 Å². The van der Waals surface area contributed by atoms with Crippen LogP contribution in [0.3, 0.4) is 0 Å². The number of fused-ring (bicyclic) bond motifs is 5. The molecule has 1 aromatic carbocycles. The van der Waals surface area contributed by atoms with Gasteiger partial charge in [-0.1, -0.05) is 82.7 Å². The van der Waals surface area contributed by atoms with Crippen molar-refractivity contribution in [2.75, 3.05) is 26.9 Å². The number of benzene rings is 1. The second kappa shape index (κ2) is 14.5. The van der Waals surface area contributed by atoms with Crippen molar-refractivity contribution < 1.29 is 49.6 Å². The van der Waals surface area contributed by atoms with Crippen molar-refractivity contribution in [2.24, 2.45) is 62.1 Å². The Morgan fingerprint density at radius 1 is 0.912 bits per heavy atom. The zero-order chi connectivity index (χ0) is 40.9. The predicted molar refractivity (Wildman–Crippen MR) is 212 cm³/mol. The standard InChI is InChI=1S/C46H67NO10/c1-41(24-48)15-17-46(40(53)54)18-16-43(3)29(31(46)20-41)13-14-33-44(43,4)19-28-11-12-30-36(55-22-27-9-7-26(8-10-27)21-47-6)38(42(2,25-49)37(28)45(30,33)5)57-39-35(52)34(51)32(50)23-56-39/h7-13,28,30-39,47-52H,14-25H2,1-6H3,(H,53,54)/t28-,30-,31+,32-,33-,34+,35-,36-,37-,38-,39-,41-,42+,43+,44-,45-,46-/m1/s1. The molecule has 4 saturated carbocycles. The highest BCUT2D eigenvalue weighted by Gasteiger charge is 2.75. The van der Waals surface area contributed by atoms with E-state index in [0.717, 1.165) is 36.9 Å². The van der Waals surface area contributed by atoms with Crippen LogP contribution in [0.5, 0.6) is 0 Å². The van der Waals surface area contributed by atoms with E-state index in [1.807, 2.05) is 7.05 Å². The lowest BCUT2D eigenvalue weighted by Gasteiger charge is -2.75. The number of hydrogen-bond donors (Lipinski definition) is 7. The van der Waals surface area contributed by atoms with Crippen molar-refractivity contribution in [3.8, 4) is 0 Å². The first-order valence-corrected chi connectivity index (χ1v) is 21.5. The first-order valence-electron chi connectivity index (χ1n) is 21.5. The van der Waals surface area contributed by atoms with Gasteiger partial charge in [0.05, 0.1) is 37.4 Å². The van der Waals surface area contributed by atoms with Crippen LogP contribution >= 0.6 is 0 Å². The number of allylic oxidation sites excluding steroid dienone is 3. The van der Waals surface area contributed by atoms with Gasteiger partial charge >= 0.3 is 5.97 Å². The van der Waals surface area contributed by atoms with E-state index in [9.17, 15) is 35.4 Å². The maximum Gasteiger partial charge on any atom is 0.310 e. The highest BCUT2D eigenvalue weighted by molar-refractivity contribution is 5.76. The van der Waals surface area contributed by atoms with E-state index in [1.54, 1.807) is 0 Å². The largest absolute Gasteiger partial charge is 0.481 e. The molecule has 17 atom stereocenters. The third kappa shape index (κ3) is 5.95. The number of ether oxygens (including phenoxy) is 3. The fraction of sp³-hybridized carbons (Fsp3) is 0.761. The molecule has 316 valence electrons. The van der Waals surface area contributed by atoms with E-state index in [-0.39, 0.29) is 71.1 Å². The van der Waals surface area contributed by atoms with E-state index < -0.39 is 53.6 Å². The minimum atomic E-state index is -1.49. The van der Waals surface area contributed by atoms with Crippen LogP contribution in [0.25, 0.3) is 0 Å². The summed E-state index contributed by atoms with van der Waals surface area (Å²) in [6.45, 7) is 12.1. The molecule has 0 unspecified atom stereocenters. The zero-order valence-corrected chi connectivity index (χ0v) is 34.7. The van der Waals surface area contributed by atoms with Gasteiger partial charge in [-0.15, -0.1) is 0 Å². The predicted octanol–water partition coefficient (Wildman–Crippen LogP) is 4.58. The Hall–Kier alpha value is -2.19. The van der Waals surface area contributed by atoms with Crippen LogP contribution in [0, 0.1) is 62.1 Å². The molecule has 11 heteroatoms. The fourth-order valence-electron chi connectivity index (χ4n) is 14.5. The maximum absolute atomic E-state index is 13.3. The van der Waals surface area contributed by atoms with Gasteiger partial charge < -0.3 is 50.2 Å². The van der Waals surface area contributed by atoms with Gasteiger partial charge in [0, 0.05) is 24.5 Å². The Morgan fingerprint density at radius 2 is 1.61 bits per heavy atom. The number of carbonyl (C=O) groups is 1. The summed E-state index contributed by atoms with van der Waals surface area (Å²) in [6, 6.07) is 8.31. The van der Waals surface area contributed by atoms with E-state index >= 15 is 0 Å². The molecule has 7 aliphatic rings. The molecule has 5 fully saturated rings. The van der Waals surface area contributed by atoms with Crippen molar-refractivity contribution in [3.63, 3.8) is 0 Å². The second-order valence-corrected chi connectivity index (χ2v) is 20.6. The third-order valence-corrected chi connectivity index (χ3v) is 17.8. The Bertz CT molecular complexity index is 1750. The van der Waals surface area contributed by atoms with Gasteiger partial charge in [0.1, 0.15) is 18.3 Å². The number of carboxylic acids is 1. The molecule has 11 nitrogen and oxygen atoms in total. The van der Waals surface area contributed by atoms with Gasteiger partial charge in [0.15, 0.2) is 6.29 Å². The Morgan fingerprint density at radius 3 is 2.28 bits per heavy atom. The Kier molecular flexibility index (Phi) is 10.6. The Balaban J connectivity index is 1.21. The maximum atomic E-state index is 13.3. The van der Waals surface area contributed by atoms with E-state index in [4.69, 9.17) is 14.2 Å². The highest BCUT2D eigenvalue weighted by atomic mass is 16.7. The summed E-state index contributed by atoms with van der Waals surface area (Å²) in [5.74, 6) is -0.820. The quantitative estimate of drug-likeness (QED) is 0.130. The SMILES string of the molecule is CNCc1ccc(CO[C@H]2[C@@H](O[C@H]3OC[C@@H](O)[C@H](O)[C@H]3O)[C@@](C)(CO)[C@H]3[C@@H]4C=C[C@H]2[C@]3(C)[C@@H]2CC=C3[C@@H]5C[C@](C)(CO)CC[C@@]5(C(=O)O)CC[C@]3(C)[C@]2(C)C4)cc1. The zero-order valence-electron chi connectivity index (χ0n) is 34.7. The number of nitrogens with one attached hydrogen (secondary N) is 1. The Labute approximate surface area is 337 Å². The summed E-state index contributed by atoms with van der Waals surface area (Å²) < 4.78 is 19.7. The van der Waals surface area contributed by atoms with E-state index in [2.05, 4.69) is 82.4 Å².